The maximum Gasteiger partial charge on any atom is 0.309 e. The van der Waals surface area contributed by atoms with E-state index in [4.69, 9.17) is 4.74 Å². The Labute approximate surface area is 59.9 Å². The van der Waals surface area contributed by atoms with Gasteiger partial charge in [0, 0.05) is 5.92 Å². The van der Waals surface area contributed by atoms with Gasteiger partial charge in [-0.25, -0.2) is 0 Å². The van der Waals surface area contributed by atoms with Crippen molar-refractivity contribution in [2.75, 3.05) is 0 Å². The molecule has 0 amide bonds. The zero-order chi connectivity index (χ0) is 7.14. The summed E-state index contributed by atoms with van der Waals surface area (Å²) in [7, 11) is 0. The summed E-state index contributed by atoms with van der Waals surface area (Å²) in [6.45, 7) is 1.94. The normalized spacial score (nSPS) is 43.7. The van der Waals surface area contributed by atoms with Gasteiger partial charge in [-0.15, -0.1) is 0 Å². The Morgan fingerprint density at radius 1 is 1.70 bits per heavy atom. The van der Waals surface area contributed by atoms with Crippen molar-refractivity contribution in [2.45, 2.75) is 19.4 Å². The quantitative estimate of drug-likeness (QED) is 0.370. The lowest BCUT2D eigenvalue weighted by molar-refractivity contribution is -0.142. The molecule has 0 radical (unpaired) electrons. The fourth-order valence-electron chi connectivity index (χ4n) is 1.68. The largest absolute Gasteiger partial charge is 0.458 e. The predicted molar refractivity (Wildman–Crippen MR) is 36.3 cm³/mol. The Bertz CT molecular complexity index is 195. The Hall–Kier alpha value is -0.790. The number of hydrogen-bond acceptors (Lipinski definition) is 2. The molecule has 3 atom stereocenters. The van der Waals surface area contributed by atoms with E-state index >= 15 is 0 Å². The van der Waals surface area contributed by atoms with Crippen LogP contribution in [-0.4, -0.2) is 12.1 Å². The molecule has 2 heteroatoms. The molecule has 0 aromatic heterocycles. The van der Waals surface area contributed by atoms with Crippen molar-refractivity contribution < 1.29 is 9.53 Å². The van der Waals surface area contributed by atoms with Crippen LogP contribution in [0.5, 0.6) is 0 Å². The lowest BCUT2D eigenvalue weighted by Crippen LogP contribution is -2.12. The molecule has 0 saturated carbocycles. The van der Waals surface area contributed by atoms with Gasteiger partial charge in [0.15, 0.2) is 0 Å². The maximum atomic E-state index is 10.9. The molecule has 0 aromatic carbocycles. The van der Waals surface area contributed by atoms with Gasteiger partial charge >= 0.3 is 5.97 Å². The van der Waals surface area contributed by atoms with Gasteiger partial charge in [-0.05, 0) is 12.5 Å². The highest BCUT2D eigenvalue weighted by atomic mass is 16.6. The van der Waals surface area contributed by atoms with E-state index in [-0.39, 0.29) is 18.0 Å². The van der Waals surface area contributed by atoms with E-state index in [0.29, 0.717) is 5.92 Å². The molecule has 2 aliphatic rings. The van der Waals surface area contributed by atoms with E-state index in [1.807, 2.05) is 13.0 Å². The van der Waals surface area contributed by atoms with Crippen LogP contribution in [0.1, 0.15) is 13.3 Å². The summed E-state index contributed by atoms with van der Waals surface area (Å²) in [4.78, 5) is 10.9. The molecule has 0 aromatic rings. The number of hydrogen-bond donors (Lipinski definition) is 0. The van der Waals surface area contributed by atoms with E-state index in [9.17, 15) is 4.79 Å². The van der Waals surface area contributed by atoms with E-state index < -0.39 is 0 Å². The van der Waals surface area contributed by atoms with Crippen molar-refractivity contribution in [3.63, 3.8) is 0 Å². The molecule has 1 heterocycles. The summed E-state index contributed by atoms with van der Waals surface area (Å²) in [5.41, 5.74) is 0. The number of esters is 1. The summed E-state index contributed by atoms with van der Waals surface area (Å²) in [5, 5.41) is 0. The molecule has 1 aliphatic carbocycles. The summed E-state index contributed by atoms with van der Waals surface area (Å²) in [6, 6.07) is 0. The lowest BCUT2D eigenvalue weighted by Gasteiger charge is -2.06. The number of rotatable bonds is 0. The lowest BCUT2D eigenvalue weighted by atomic mass is 9.93. The van der Waals surface area contributed by atoms with Crippen LogP contribution in [0.25, 0.3) is 0 Å². The second kappa shape index (κ2) is 1.84. The number of ether oxygens (including phenoxy) is 1. The number of allylic oxidation sites excluding steroid dienone is 1. The molecule has 1 aliphatic heterocycles. The third-order valence-electron chi connectivity index (χ3n) is 2.42. The summed E-state index contributed by atoms with van der Waals surface area (Å²) in [6.07, 6.45) is 5.20. The van der Waals surface area contributed by atoms with Crippen LogP contribution >= 0.6 is 0 Å². The molecule has 0 bridgehead atoms. The predicted octanol–water partition coefficient (Wildman–Crippen LogP) is 1.12. The highest BCUT2D eigenvalue weighted by molar-refractivity contribution is 5.75. The van der Waals surface area contributed by atoms with Crippen LogP contribution in [0.2, 0.25) is 0 Å². The van der Waals surface area contributed by atoms with Crippen molar-refractivity contribution in [3.05, 3.63) is 12.2 Å². The fraction of sp³-hybridized carbons (Fsp3) is 0.625. The third kappa shape index (κ3) is 0.618. The van der Waals surface area contributed by atoms with Gasteiger partial charge < -0.3 is 4.74 Å². The van der Waals surface area contributed by atoms with E-state index in [1.54, 1.807) is 0 Å². The number of carbonyl (C=O) groups is 1. The van der Waals surface area contributed by atoms with Crippen molar-refractivity contribution in [1.82, 2.24) is 0 Å². The van der Waals surface area contributed by atoms with Gasteiger partial charge in [-0.1, -0.05) is 13.0 Å². The average molecular weight is 138 g/mol. The average Bonchev–Trinajstić information content (AvgIpc) is 2.41. The molecule has 54 valence electrons. The molecule has 2 nitrogen and oxygen atoms in total. The van der Waals surface area contributed by atoms with Crippen LogP contribution in [-0.2, 0) is 9.53 Å². The number of carbonyl (C=O) groups excluding carboxylic acids is 1. The first-order valence-electron chi connectivity index (χ1n) is 3.66. The zero-order valence-corrected chi connectivity index (χ0v) is 5.91. The maximum absolute atomic E-state index is 10.9. The molecule has 10 heavy (non-hydrogen) atoms. The van der Waals surface area contributed by atoms with Crippen molar-refractivity contribution in [2.24, 2.45) is 11.8 Å². The van der Waals surface area contributed by atoms with Crippen LogP contribution in [0, 0.1) is 11.8 Å². The molecule has 3 unspecified atom stereocenters. The van der Waals surface area contributed by atoms with Gasteiger partial charge in [0.1, 0.15) is 6.10 Å². The second-order valence-corrected chi connectivity index (χ2v) is 3.02. The van der Waals surface area contributed by atoms with Gasteiger partial charge in [-0.3, -0.25) is 4.79 Å². The first kappa shape index (κ1) is 5.96. The topological polar surface area (TPSA) is 26.3 Å². The van der Waals surface area contributed by atoms with E-state index in [1.165, 1.54) is 0 Å². The highest BCUT2D eigenvalue weighted by Gasteiger charge is 2.41. The second-order valence-electron chi connectivity index (χ2n) is 3.02. The van der Waals surface area contributed by atoms with Crippen molar-refractivity contribution in [1.29, 1.82) is 0 Å². The van der Waals surface area contributed by atoms with Crippen molar-refractivity contribution in [3.8, 4) is 0 Å². The van der Waals surface area contributed by atoms with Crippen LogP contribution in [0.3, 0.4) is 0 Å². The van der Waals surface area contributed by atoms with Gasteiger partial charge in [0.25, 0.3) is 0 Å². The van der Waals surface area contributed by atoms with E-state index in [0.717, 1.165) is 6.42 Å². The van der Waals surface area contributed by atoms with Crippen molar-refractivity contribution >= 4 is 5.97 Å². The molecular weight excluding hydrogens is 128 g/mol. The van der Waals surface area contributed by atoms with E-state index in [2.05, 4.69) is 6.08 Å². The molecular formula is C8H10O2. The summed E-state index contributed by atoms with van der Waals surface area (Å²) in [5.74, 6) is 0.520. The number of fused-ring (bicyclic) bond motifs is 1. The molecule has 2 rings (SSSR count). The smallest absolute Gasteiger partial charge is 0.309 e. The first-order chi connectivity index (χ1) is 4.79. The SMILES string of the molecule is CC1C(=O)OC2C=CCC21. The molecule has 0 spiro atoms. The Kier molecular flexibility index (Phi) is 1.10. The summed E-state index contributed by atoms with van der Waals surface area (Å²) < 4.78 is 5.07. The van der Waals surface area contributed by atoms with Gasteiger partial charge in [0.05, 0.1) is 5.92 Å². The fourth-order valence-corrected chi connectivity index (χ4v) is 1.68. The summed E-state index contributed by atoms with van der Waals surface area (Å²) >= 11 is 0. The van der Waals surface area contributed by atoms with Gasteiger partial charge in [0.2, 0.25) is 0 Å². The Morgan fingerprint density at radius 2 is 2.50 bits per heavy atom. The van der Waals surface area contributed by atoms with Gasteiger partial charge in [-0.2, -0.15) is 0 Å². The molecule has 1 fully saturated rings. The third-order valence-corrected chi connectivity index (χ3v) is 2.42. The molecule has 1 saturated heterocycles. The zero-order valence-electron chi connectivity index (χ0n) is 5.91. The van der Waals surface area contributed by atoms with Crippen LogP contribution < -0.4 is 0 Å². The minimum atomic E-state index is -0.0284. The Morgan fingerprint density at radius 3 is 3.20 bits per heavy atom. The first-order valence-corrected chi connectivity index (χ1v) is 3.66. The standard InChI is InChI=1S/C8H10O2/c1-5-6-3-2-4-7(6)10-8(5)9/h2,4-7H,3H2,1H3. The minimum Gasteiger partial charge on any atom is -0.458 e. The minimum absolute atomic E-state index is 0.0284. The highest BCUT2D eigenvalue weighted by Crippen LogP contribution is 2.35. The monoisotopic (exact) mass is 138 g/mol. The molecule has 0 N–H and O–H groups in total. The Balaban J connectivity index is 2.22. The van der Waals surface area contributed by atoms with Crippen LogP contribution in [0.15, 0.2) is 12.2 Å². The van der Waals surface area contributed by atoms with Crippen LogP contribution in [0.4, 0.5) is 0 Å².